The van der Waals surface area contributed by atoms with Gasteiger partial charge in [0.2, 0.25) is 0 Å². The Labute approximate surface area is 46.8 Å². The Morgan fingerprint density at radius 1 is 1.86 bits per heavy atom. The van der Waals surface area contributed by atoms with E-state index in [4.69, 9.17) is 0 Å². The van der Waals surface area contributed by atoms with E-state index in [2.05, 4.69) is 10.8 Å². The van der Waals surface area contributed by atoms with E-state index >= 15 is 0 Å². The van der Waals surface area contributed by atoms with E-state index in [-0.39, 0.29) is 6.67 Å². The van der Waals surface area contributed by atoms with Crippen LogP contribution in [-0.4, -0.2) is 12.4 Å². The van der Waals surface area contributed by atoms with Gasteiger partial charge in [-0.25, -0.2) is 0 Å². The van der Waals surface area contributed by atoms with E-state index in [0.29, 0.717) is 5.75 Å². The molecule has 0 atom stereocenters. The molecule has 0 rings (SSSR count). The summed E-state index contributed by atoms with van der Waals surface area (Å²) in [6.45, 7) is 2.92. The van der Waals surface area contributed by atoms with E-state index in [1.165, 1.54) is 6.26 Å². The first-order valence-corrected chi connectivity index (χ1v) is 2.78. The van der Waals surface area contributed by atoms with E-state index < -0.39 is 0 Å². The fourth-order valence-electron chi connectivity index (χ4n) is 0.128. The highest BCUT2D eigenvalue weighted by molar-refractivity contribution is 7.94. The first-order valence-electron chi connectivity index (χ1n) is 1.87. The Bertz CT molecular complexity index is 49.0. The first-order chi connectivity index (χ1) is 3.41. The molecule has 0 saturated heterocycles. The van der Waals surface area contributed by atoms with Crippen molar-refractivity contribution in [2.45, 2.75) is 0 Å². The lowest BCUT2D eigenvalue weighted by atomic mass is 10.9. The average Bonchev–Trinajstić information content (AvgIpc) is 1.69. The monoisotopic (exact) mass is 122 g/mol. The molecular formula is C4H7FOS. The summed E-state index contributed by atoms with van der Waals surface area (Å²) in [5.41, 5.74) is 0. The zero-order valence-corrected chi connectivity index (χ0v) is 4.71. The van der Waals surface area contributed by atoms with Gasteiger partial charge in [-0.1, -0.05) is 6.58 Å². The molecular weight excluding hydrogens is 115 g/mol. The molecule has 0 aromatic rings. The number of hydrogen-bond donors (Lipinski definition) is 0. The van der Waals surface area contributed by atoms with Crippen LogP contribution < -0.4 is 0 Å². The van der Waals surface area contributed by atoms with Crippen molar-refractivity contribution in [1.82, 2.24) is 0 Å². The van der Waals surface area contributed by atoms with Crippen molar-refractivity contribution in [3.8, 4) is 0 Å². The van der Waals surface area contributed by atoms with E-state index in [1.54, 1.807) is 0 Å². The molecule has 0 aliphatic rings. The number of halogens is 1. The average molecular weight is 122 g/mol. The van der Waals surface area contributed by atoms with Gasteiger partial charge >= 0.3 is 0 Å². The second kappa shape index (κ2) is 5.82. The van der Waals surface area contributed by atoms with Crippen LogP contribution in [0.5, 0.6) is 0 Å². The maximum atomic E-state index is 11.2. The van der Waals surface area contributed by atoms with Gasteiger partial charge < -0.3 is 4.18 Å². The first kappa shape index (κ1) is 6.82. The van der Waals surface area contributed by atoms with Crippen LogP contribution in [0, 0.1) is 0 Å². The molecule has 0 heterocycles. The van der Waals surface area contributed by atoms with Gasteiger partial charge in [-0.2, -0.15) is 0 Å². The molecule has 0 N–H and O–H groups in total. The summed E-state index contributed by atoms with van der Waals surface area (Å²) in [5, 5.41) is 0. The lowest BCUT2D eigenvalue weighted by molar-refractivity contribution is 0.517. The second-order valence-corrected chi connectivity index (χ2v) is 1.61. The summed E-state index contributed by atoms with van der Waals surface area (Å²) < 4.78 is 15.7. The highest BCUT2D eigenvalue weighted by Gasteiger charge is 1.80. The summed E-state index contributed by atoms with van der Waals surface area (Å²) in [6, 6.07) is 0. The summed E-state index contributed by atoms with van der Waals surface area (Å²) >= 11 is 1.06. The normalized spacial score (nSPS) is 8.14. The molecule has 0 aliphatic heterocycles. The van der Waals surface area contributed by atoms with Crippen molar-refractivity contribution in [3.05, 3.63) is 12.8 Å². The van der Waals surface area contributed by atoms with Crippen LogP contribution in [0.25, 0.3) is 0 Å². The molecule has 42 valence electrons. The second-order valence-electron chi connectivity index (χ2n) is 0.774. The Balaban J connectivity index is 2.56. The maximum Gasteiger partial charge on any atom is 0.102 e. The van der Waals surface area contributed by atoms with Crippen molar-refractivity contribution < 1.29 is 8.57 Å². The highest BCUT2D eigenvalue weighted by atomic mass is 32.2. The Morgan fingerprint density at radius 2 is 2.57 bits per heavy atom. The van der Waals surface area contributed by atoms with E-state index in [9.17, 15) is 4.39 Å². The molecule has 0 aliphatic carbocycles. The largest absolute Gasteiger partial charge is 0.434 e. The van der Waals surface area contributed by atoms with E-state index in [1.807, 2.05) is 0 Å². The van der Waals surface area contributed by atoms with Crippen LogP contribution in [-0.2, 0) is 4.18 Å². The standard InChI is InChI=1S/C4H7FOS/c1-2-6-7-4-3-5/h2H,1,3-4H2. The van der Waals surface area contributed by atoms with Crippen molar-refractivity contribution in [1.29, 1.82) is 0 Å². The predicted octanol–water partition coefficient (Wildman–Crippen LogP) is 1.76. The van der Waals surface area contributed by atoms with Crippen LogP contribution in [0.3, 0.4) is 0 Å². The zero-order valence-electron chi connectivity index (χ0n) is 3.89. The number of rotatable bonds is 4. The third kappa shape index (κ3) is 5.82. The smallest absolute Gasteiger partial charge is 0.102 e. The van der Waals surface area contributed by atoms with Gasteiger partial charge in [0.1, 0.15) is 6.67 Å². The molecule has 0 saturated carbocycles. The molecule has 3 heteroatoms. The third-order valence-corrected chi connectivity index (χ3v) is 0.890. The number of hydrogen-bond acceptors (Lipinski definition) is 2. The van der Waals surface area contributed by atoms with E-state index in [0.717, 1.165) is 12.0 Å². The minimum absolute atomic E-state index is 0.349. The predicted molar refractivity (Wildman–Crippen MR) is 29.7 cm³/mol. The summed E-state index contributed by atoms with van der Waals surface area (Å²) in [4.78, 5) is 0. The van der Waals surface area contributed by atoms with Gasteiger partial charge in [-0.15, -0.1) is 0 Å². The Morgan fingerprint density at radius 3 is 3.00 bits per heavy atom. The van der Waals surface area contributed by atoms with Gasteiger partial charge in [0.25, 0.3) is 0 Å². The fraction of sp³-hybridized carbons (Fsp3) is 0.500. The third-order valence-electron chi connectivity index (χ3n) is 0.297. The molecule has 1 nitrogen and oxygen atoms in total. The summed E-state index contributed by atoms with van der Waals surface area (Å²) in [7, 11) is 0. The maximum absolute atomic E-state index is 11.2. The summed E-state index contributed by atoms with van der Waals surface area (Å²) in [5.74, 6) is 0.381. The molecule has 0 fully saturated rings. The van der Waals surface area contributed by atoms with Crippen LogP contribution in [0.15, 0.2) is 12.8 Å². The molecule has 0 spiro atoms. The topological polar surface area (TPSA) is 9.23 Å². The van der Waals surface area contributed by atoms with Crippen LogP contribution in [0.1, 0.15) is 0 Å². The highest BCUT2D eigenvalue weighted by Crippen LogP contribution is 2.00. The number of alkyl halides is 1. The van der Waals surface area contributed by atoms with Crippen molar-refractivity contribution in [2.24, 2.45) is 0 Å². The molecule has 0 aromatic carbocycles. The zero-order chi connectivity index (χ0) is 5.54. The van der Waals surface area contributed by atoms with Crippen LogP contribution in [0.4, 0.5) is 4.39 Å². The van der Waals surface area contributed by atoms with Crippen molar-refractivity contribution in [3.63, 3.8) is 0 Å². The Kier molecular flexibility index (Phi) is 5.67. The molecule has 0 radical (unpaired) electrons. The fourth-order valence-corrected chi connectivity index (χ4v) is 0.383. The Hall–Kier alpha value is -0.180. The van der Waals surface area contributed by atoms with Gasteiger partial charge in [0, 0.05) is 0 Å². The van der Waals surface area contributed by atoms with Crippen molar-refractivity contribution >= 4 is 12.0 Å². The van der Waals surface area contributed by atoms with Crippen molar-refractivity contribution in [2.75, 3.05) is 12.4 Å². The summed E-state index contributed by atoms with van der Waals surface area (Å²) in [6.07, 6.45) is 1.28. The lowest BCUT2D eigenvalue weighted by Gasteiger charge is -1.89. The SMILES string of the molecule is C=COSCCF. The molecule has 7 heavy (non-hydrogen) atoms. The minimum atomic E-state index is -0.349. The lowest BCUT2D eigenvalue weighted by Crippen LogP contribution is -1.77. The van der Waals surface area contributed by atoms with Gasteiger partial charge in [-0.05, 0) is 0 Å². The minimum Gasteiger partial charge on any atom is -0.434 e. The molecule has 0 bridgehead atoms. The molecule has 0 unspecified atom stereocenters. The molecule has 0 amide bonds. The quantitative estimate of drug-likeness (QED) is 0.319. The van der Waals surface area contributed by atoms with Crippen LogP contribution in [0.2, 0.25) is 0 Å². The van der Waals surface area contributed by atoms with Gasteiger partial charge in [0.05, 0.1) is 24.1 Å². The molecule has 0 aromatic heterocycles. The van der Waals surface area contributed by atoms with Crippen LogP contribution >= 0.6 is 12.0 Å². The van der Waals surface area contributed by atoms with Gasteiger partial charge in [0.15, 0.2) is 0 Å². The van der Waals surface area contributed by atoms with Gasteiger partial charge in [-0.3, -0.25) is 4.39 Å².